The zero-order valence-corrected chi connectivity index (χ0v) is 47.8. The van der Waals surface area contributed by atoms with Gasteiger partial charge in [0.15, 0.2) is 10.3 Å². The molecular weight excluding hydrogens is 1040 g/mol. The summed E-state index contributed by atoms with van der Waals surface area (Å²) in [6.45, 7) is 22.9. The quantitative estimate of drug-likeness (QED) is 0.177. The first-order chi connectivity index (χ1) is 34.6. The minimum Gasteiger partial charge on any atom is -0.477 e. The van der Waals surface area contributed by atoms with Crippen LogP contribution in [0.25, 0.3) is 0 Å². The second kappa shape index (κ2) is 22.7. The van der Waals surface area contributed by atoms with Crippen molar-refractivity contribution in [3.05, 3.63) is 161 Å². The minimum absolute atomic E-state index is 0.0312. The second-order valence-electron chi connectivity index (χ2n) is 20.6. The summed E-state index contributed by atoms with van der Waals surface area (Å²) < 4.78 is 0. The lowest BCUT2D eigenvalue weighted by molar-refractivity contribution is -0.132. The van der Waals surface area contributed by atoms with E-state index in [1.807, 2.05) is 91.5 Å². The Hall–Kier alpha value is -4.02. The lowest BCUT2D eigenvalue weighted by Crippen LogP contribution is -2.52. The molecule has 6 aliphatic rings. The number of halogens is 4. The van der Waals surface area contributed by atoms with E-state index in [9.17, 15) is 14.7 Å². The molecule has 17 heteroatoms. The Morgan fingerprint density at radius 2 is 1.01 bits per heavy atom. The highest BCUT2D eigenvalue weighted by atomic mass is 35.5. The summed E-state index contributed by atoms with van der Waals surface area (Å²) in [4.78, 5) is 48.4. The highest BCUT2D eigenvalue weighted by Crippen LogP contribution is 2.58. The Labute approximate surface area is 460 Å². The third-order valence-electron chi connectivity index (χ3n) is 14.8. The van der Waals surface area contributed by atoms with Gasteiger partial charge < -0.3 is 34.9 Å². The van der Waals surface area contributed by atoms with E-state index in [1.54, 1.807) is 0 Å². The fraction of sp³-hybridized carbons (Fsp3) is 0.429. The lowest BCUT2D eigenvalue weighted by Gasteiger charge is -2.39. The van der Waals surface area contributed by atoms with Crippen LogP contribution in [0.4, 0.5) is 0 Å². The monoisotopic (exact) mass is 1100 g/mol. The van der Waals surface area contributed by atoms with Gasteiger partial charge in [-0.15, -0.1) is 0 Å². The number of fused-ring (bicyclic) bond motifs is 2. The van der Waals surface area contributed by atoms with Gasteiger partial charge in [-0.1, -0.05) is 123 Å². The predicted molar refractivity (Wildman–Crippen MR) is 305 cm³/mol. The van der Waals surface area contributed by atoms with E-state index >= 15 is 0 Å². The van der Waals surface area contributed by atoms with Crippen molar-refractivity contribution in [2.24, 2.45) is 21.8 Å². The Kier molecular flexibility index (Phi) is 17.2. The smallest absolute Gasteiger partial charge is 0.344 e. The number of hydrogen-bond acceptors (Lipinski definition) is 11. The van der Waals surface area contributed by atoms with Crippen LogP contribution in [0.15, 0.2) is 128 Å². The lowest BCUT2D eigenvalue weighted by atomic mass is 9.81. The van der Waals surface area contributed by atoms with E-state index in [0.29, 0.717) is 36.2 Å². The van der Waals surface area contributed by atoms with Crippen molar-refractivity contribution in [2.45, 2.75) is 90.6 Å². The molecule has 6 atom stereocenters. The Balaban J connectivity index is 0.000000172. The summed E-state index contributed by atoms with van der Waals surface area (Å²) in [5, 5.41) is 17.4. The number of hydrogen-bond donors (Lipinski definition) is 2. The SMILES string of the molecule is CC(C)C1=C(C(=O)N2CCN(C)[C@@H](C)C2)SC2=N[C@@](C)(c3ccc(Cl)cc3)[C@@H](c3ccc(Cl)cc3)N21.CC(C)C1=C(C(=O)O)SC2=N[C@@](C)(c3ccc(Cl)cc3)[C@@H](c3ccc(Cl)cc3)N21.C[C@H]1CNCCN1C. The highest BCUT2D eigenvalue weighted by Gasteiger charge is 2.55. The number of carboxylic acids is 1. The molecule has 0 radical (unpaired) electrons. The van der Waals surface area contributed by atoms with Gasteiger partial charge in [-0.3, -0.25) is 4.79 Å². The van der Waals surface area contributed by atoms with Gasteiger partial charge in [-0.05, 0) is 148 Å². The summed E-state index contributed by atoms with van der Waals surface area (Å²) in [7, 11) is 4.29. The fourth-order valence-electron chi connectivity index (χ4n) is 10.4. The van der Waals surface area contributed by atoms with Crippen molar-refractivity contribution < 1.29 is 14.7 Å². The van der Waals surface area contributed by atoms with E-state index < -0.39 is 17.0 Å². The molecule has 73 heavy (non-hydrogen) atoms. The number of nitrogens with zero attached hydrogens (tertiary/aromatic N) is 7. The number of nitrogens with one attached hydrogen (secondary N) is 1. The molecule has 0 aliphatic carbocycles. The minimum atomic E-state index is -0.918. The van der Waals surface area contributed by atoms with Crippen LogP contribution in [0.1, 0.15) is 89.7 Å². The number of likely N-dealkylation sites (N-methyl/N-ethyl adjacent to an activating group) is 2. The molecule has 6 aliphatic heterocycles. The molecule has 2 N–H and O–H groups in total. The molecule has 4 aromatic rings. The largest absolute Gasteiger partial charge is 0.477 e. The van der Waals surface area contributed by atoms with Gasteiger partial charge in [0.2, 0.25) is 0 Å². The van der Waals surface area contributed by atoms with Crippen LogP contribution in [-0.4, -0.2) is 117 Å². The van der Waals surface area contributed by atoms with E-state index in [4.69, 9.17) is 56.4 Å². The zero-order chi connectivity index (χ0) is 52.7. The number of aliphatic carboxylic acids is 1. The number of aliphatic imine (C=N–C) groups is 2. The average molecular weight is 1110 g/mol. The van der Waals surface area contributed by atoms with Gasteiger partial charge in [0.05, 0.1) is 12.1 Å². The summed E-state index contributed by atoms with van der Waals surface area (Å²) in [5.41, 5.74) is 4.91. The fourth-order valence-corrected chi connectivity index (χ4v) is 13.6. The van der Waals surface area contributed by atoms with Gasteiger partial charge in [0, 0.05) is 82.8 Å². The summed E-state index contributed by atoms with van der Waals surface area (Å²) >= 11 is 27.5. The van der Waals surface area contributed by atoms with Crippen LogP contribution in [0.2, 0.25) is 20.1 Å². The van der Waals surface area contributed by atoms with Gasteiger partial charge in [-0.25, -0.2) is 14.8 Å². The van der Waals surface area contributed by atoms with E-state index in [2.05, 4.69) is 105 Å². The molecule has 10 rings (SSSR count). The maximum absolute atomic E-state index is 13.9. The molecule has 6 heterocycles. The average Bonchev–Trinajstić information content (AvgIpc) is 4.07. The first-order valence-electron chi connectivity index (χ1n) is 24.9. The normalized spacial score (nSPS) is 26.1. The summed E-state index contributed by atoms with van der Waals surface area (Å²) in [6.07, 6.45) is 0. The molecule has 0 bridgehead atoms. The van der Waals surface area contributed by atoms with Crippen LogP contribution in [0, 0.1) is 11.8 Å². The number of amides is 1. The summed E-state index contributed by atoms with van der Waals surface area (Å²) in [5.74, 6) is -0.622. The number of amidine groups is 2. The standard InChI is InChI=1S/C28H32Cl2N4OS.C22H20Cl2N2O2S.C6H14N2/c1-17(2)23-24(26(35)33-15-14-32(5)18(3)16-33)36-27-31-28(4,20-8-12-22(30)13-9-20)25(34(23)27)19-6-10-21(29)11-7-19;1-12(2)17-18(20(27)28)29-21-25-22(3,14-6-10-16(24)11-7-14)19(26(17)21)13-4-8-15(23)9-5-13;1-6-5-7-3-4-8(6)2/h6-13,17-18,25H,14-16H2,1-5H3;4-12,19H,1-3H3,(H,27,28);6-7H,3-5H2,1-2H3/t18-,25+,28-;19-,22+;6-/m010/s1. The number of thioether (sulfide) groups is 2. The molecule has 11 nitrogen and oxygen atoms in total. The third kappa shape index (κ3) is 11.3. The first-order valence-corrected chi connectivity index (χ1v) is 28.1. The number of carboxylic acid groups (broad SMARTS) is 1. The van der Waals surface area contributed by atoms with Crippen LogP contribution in [-0.2, 0) is 20.7 Å². The molecule has 0 spiro atoms. The topological polar surface area (TPSA) is 107 Å². The highest BCUT2D eigenvalue weighted by molar-refractivity contribution is 8.18. The van der Waals surface area contributed by atoms with Crippen LogP contribution in [0.5, 0.6) is 0 Å². The van der Waals surface area contributed by atoms with Crippen LogP contribution in [0.3, 0.4) is 0 Å². The van der Waals surface area contributed by atoms with E-state index in [-0.39, 0.29) is 29.8 Å². The van der Waals surface area contributed by atoms with Crippen LogP contribution >= 0.6 is 69.9 Å². The first kappa shape index (κ1) is 55.2. The number of allylic oxidation sites excluding steroid dienone is 2. The number of carbonyl (C=O) groups excluding carboxylic acids is 1. The molecule has 388 valence electrons. The molecular formula is C56H66Cl4N8O3S2. The molecule has 2 fully saturated rings. The third-order valence-corrected chi connectivity index (χ3v) is 17.9. The zero-order valence-electron chi connectivity index (χ0n) is 43.2. The Bertz CT molecular complexity index is 2800. The predicted octanol–water partition coefficient (Wildman–Crippen LogP) is 12.6. The molecule has 2 saturated heterocycles. The Morgan fingerprint density at radius 3 is 1.38 bits per heavy atom. The molecule has 0 aromatic heterocycles. The second-order valence-corrected chi connectivity index (χ2v) is 24.3. The molecule has 4 aromatic carbocycles. The van der Waals surface area contributed by atoms with Crippen molar-refractivity contribution in [3.8, 4) is 0 Å². The van der Waals surface area contributed by atoms with Crippen molar-refractivity contribution >= 4 is 92.1 Å². The Morgan fingerprint density at radius 1 is 0.616 bits per heavy atom. The van der Waals surface area contributed by atoms with Crippen molar-refractivity contribution in [1.82, 2.24) is 29.8 Å². The van der Waals surface area contributed by atoms with Gasteiger partial charge in [0.25, 0.3) is 5.91 Å². The number of piperazine rings is 2. The number of carbonyl (C=O) groups is 2. The molecule has 0 unspecified atom stereocenters. The van der Waals surface area contributed by atoms with Crippen molar-refractivity contribution in [3.63, 3.8) is 0 Å². The van der Waals surface area contributed by atoms with E-state index in [1.165, 1.54) is 30.1 Å². The van der Waals surface area contributed by atoms with Gasteiger partial charge >= 0.3 is 5.97 Å². The van der Waals surface area contributed by atoms with E-state index in [0.717, 1.165) is 82.5 Å². The number of rotatable bonds is 8. The molecule has 1 amide bonds. The van der Waals surface area contributed by atoms with Crippen molar-refractivity contribution in [2.75, 3.05) is 53.4 Å². The maximum Gasteiger partial charge on any atom is 0.344 e. The number of benzene rings is 4. The maximum atomic E-state index is 13.9. The van der Waals surface area contributed by atoms with Gasteiger partial charge in [0.1, 0.15) is 20.9 Å². The molecule has 0 saturated carbocycles. The van der Waals surface area contributed by atoms with Crippen molar-refractivity contribution in [1.29, 1.82) is 0 Å². The summed E-state index contributed by atoms with van der Waals surface area (Å²) in [6, 6.07) is 32.1. The van der Waals surface area contributed by atoms with Crippen LogP contribution < -0.4 is 5.32 Å². The van der Waals surface area contributed by atoms with Gasteiger partial charge in [-0.2, -0.15) is 0 Å².